The van der Waals surface area contributed by atoms with Gasteiger partial charge < -0.3 is 10.6 Å². The first-order chi connectivity index (χ1) is 12.6. The summed E-state index contributed by atoms with van der Waals surface area (Å²) in [5, 5.41) is 5.52. The van der Waals surface area contributed by atoms with E-state index in [9.17, 15) is 14.4 Å². The number of rotatable bonds is 4. The van der Waals surface area contributed by atoms with Gasteiger partial charge in [0, 0.05) is 18.8 Å². The minimum absolute atomic E-state index is 0.0693. The van der Waals surface area contributed by atoms with Gasteiger partial charge in [-0.05, 0) is 43.2 Å². The topological polar surface area (TPSA) is 78.5 Å². The van der Waals surface area contributed by atoms with E-state index in [1.54, 1.807) is 0 Å². The molecule has 1 heterocycles. The average molecular weight is 353 g/mol. The second kappa shape index (κ2) is 6.59. The number of fused-ring (bicyclic) bond motifs is 1. The van der Waals surface area contributed by atoms with Crippen LogP contribution >= 0.6 is 0 Å². The number of aryl methyl sites for hydroxylation is 1. The van der Waals surface area contributed by atoms with Crippen LogP contribution in [0.3, 0.4) is 0 Å². The van der Waals surface area contributed by atoms with E-state index in [1.807, 2.05) is 31.2 Å². The van der Waals surface area contributed by atoms with Crippen LogP contribution < -0.4 is 10.6 Å². The van der Waals surface area contributed by atoms with Crippen LogP contribution in [0.1, 0.15) is 18.4 Å². The fourth-order valence-corrected chi connectivity index (χ4v) is 4.52. The van der Waals surface area contributed by atoms with Crippen molar-refractivity contribution in [3.63, 3.8) is 0 Å². The van der Waals surface area contributed by atoms with Crippen LogP contribution in [0.15, 0.2) is 36.4 Å². The molecule has 4 aliphatic rings. The van der Waals surface area contributed by atoms with Gasteiger partial charge in [-0.2, -0.15) is 0 Å². The number of carbonyl (C=O) groups is 3. The molecule has 6 heteroatoms. The zero-order valence-corrected chi connectivity index (χ0v) is 14.8. The van der Waals surface area contributed by atoms with E-state index in [0.29, 0.717) is 0 Å². The van der Waals surface area contributed by atoms with Gasteiger partial charge in [0.1, 0.15) is 0 Å². The molecule has 1 aromatic carbocycles. The van der Waals surface area contributed by atoms with Crippen molar-refractivity contribution in [1.29, 1.82) is 0 Å². The molecule has 2 N–H and O–H groups in total. The van der Waals surface area contributed by atoms with Crippen molar-refractivity contribution in [3.05, 3.63) is 42.0 Å². The molecule has 5 rings (SSSR count). The number of likely N-dealkylation sites (tertiary alicyclic amines) is 1. The summed E-state index contributed by atoms with van der Waals surface area (Å²) in [7, 11) is 0. The Labute approximate surface area is 152 Å². The number of anilines is 1. The largest absolute Gasteiger partial charge is 0.336 e. The lowest BCUT2D eigenvalue weighted by molar-refractivity contribution is -0.140. The van der Waals surface area contributed by atoms with Gasteiger partial charge in [-0.25, -0.2) is 4.79 Å². The Morgan fingerprint density at radius 2 is 1.69 bits per heavy atom. The third-order valence-electron chi connectivity index (χ3n) is 5.86. The van der Waals surface area contributed by atoms with Crippen molar-refractivity contribution < 1.29 is 14.4 Å². The van der Waals surface area contributed by atoms with E-state index in [0.717, 1.165) is 24.1 Å². The van der Waals surface area contributed by atoms with Crippen molar-refractivity contribution in [1.82, 2.24) is 10.2 Å². The summed E-state index contributed by atoms with van der Waals surface area (Å²) < 4.78 is 0. The monoisotopic (exact) mass is 353 g/mol. The van der Waals surface area contributed by atoms with Gasteiger partial charge in [-0.15, -0.1) is 0 Å². The summed E-state index contributed by atoms with van der Waals surface area (Å²) in [6, 6.07) is 7.17. The molecule has 3 aliphatic carbocycles. The quantitative estimate of drug-likeness (QED) is 0.644. The number of imide groups is 1. The third kappa shape index (κ3) is 2.79. The SMILES string of the molecule is Cc1ccccc1NC(=O)NCCN1C(=O)[C@@H]2[C@H](C1=O)[C@H]1C=C[C@H]2CC1. The molecule has 6 nitrogen and oxygen atoms in total. The number of amides is 4. The van der Waals surface area contributed by atoms with Crippen molar-refractivity contribution in [2.24, 2.45) is 23.7 Å². The Hall–Kier alpha value is -2.63. The molecule has 1 aliphatic heterocycles. The molecule has 136 valence electrons. The number of hydrogen-bond donors (Lipinski definition) is 2. The van der Waals surface area contributed by atoms with Crippen LogP contribution in [-0.2, 0) is 9.59 Å². The van der Waals surface area contributed by atoms with Crippen LogP contribution in [0.4, 0.5) is 10.5 Å². The van der Waals surface area contributed by atoms with Crippen LogP contribution in [-0.4, -0.2) is 35.8 Å². The molecule has 26 heavy (non-hydrogen) atoms. The molecule has 4 atom stereocenters. The minimum atomic E-state index is -0.336. The van der Waals surface area contributed by atoms with Crippen LogP contribution in [0.5, 0.6) is 0 Å². The maximum absolute atomic E-state index is 12.7. The van der Waals surface area contributed by atoms with Crippen molar-refractivity contribution in [2.75, 3.05) is 18.4 Å². The minimum Gasteiger partial charge on any atom is -0.336 e. The van der Waals surface area contributed by atoms with Crippen LogP contribution in [0, 0.1) is 30.6 Å². The highest BCUT2D eigenvalue weighted by atomic mass is 16.2. The second-order valence-corrected chi connectivity index (χ2v) is 7.37. The fraction of sp³-hybridized carbons (Fsp3) is 0.450. The third-order valence-corrected chi connectivity index (χ3v) is 5.86. The number of benzene rings is 1. The lowest BCUT2D eigenvalue weighted by Crippen LogP contribution is -2.40. The summed E-state index contributed by atoms with van der Waals surface area (Å²) in [5.41, 5.74) is 1.71. The molecule has 0 spiro atoms. The number of para-hydroxylation sites is 1. The van der Waals surface area contributed by atoms with Crippen LogP contribution in [0.25, 0.3) is 0 Å². The molecule has 0 radical (unpaired) electrons. The zero-order chi connectivity index (χ0) is 18.3. The van der Waals surface area contributed by atoms with Gasteiger partial charge in [-0.3, -0.25) is 14.5 Å². The molecule has 0 aromatic heterocycles. The molecule has 0 unspecified atom stereocenters. The molecule has 4 amide bonds. The molecule has 2 bridgehead atoms. The fourth-order valence-electron chi connectivity index (χ4n) is 4.52. The number of carbonyl (C=O) groups excluding carboxylic acids is 3. The Morgan fingerprint density at radius 1 is 1.08 bits per heavy atom. The number of nitrogens with zero attached hydrogens (tertiary/aromatic N) is 1. The van der Waals surface area contributed by atoms with Gasteiger partial charge in [0.05, 0.1) is 11.8 Å². The van der Waals surface area contributed by atoms with E-state index in [1.165, 1.54) is 4.90 Å². The Balaban J connectivity index is 1.33. The molecule has 2 fully saturated rings. The first-order valence-corrected chi connectivity index (χ1v) is 9.20. The van der Waals surface area contributed by atoms with E-state index in [2.05, 4.69) is 22.8 Å². The van der Waals surface area contributed by atoms with Gasteiger partial charge >= 0.3 is 6.03 Å². The standard InChI is InChI=1S/C20H23N3O3/c1-12-4-2-3-5-15(12)22-20(26)21-10-11-23-18(24)16-13-6-7-14(9-8-13)17(16)19(23)25/h2-7,13-14,16-17H,8-11H2,1H3,(H2,21,22,26)/t13-,14-,16-,17+/m0/s1. The normalized spacial score (nSPS) is 29.0. The predicted molar refractivity (Wildman–Crippen MR) is 97.3 cm³/mol. The first-order valence-electron chi connectivity index (χ1n) is 9.20. The van der Waals surface area contributed by atoms with Gasteiger partial charge in [0.2, 0.25) is 11.8 Å². The average Bonchev–Trinajstić information content (AvgIpc) is 2.92. The Morgan fingerprint density at radius 3 is 2.27 bits per heavy atom. The van der Waals surface area contributed by atoms with Gasteiger partial charge in [-0.1, -0.05) is 30.4 Å². The lowest BCUT2D eigenvalue weighted by atomic mass is 9.63. The maximum Gasteiger partial charge on any atom is 0.319 e. The van der Waals surface area contributed by atoms with E-state index >= 15 is 0 Å². The summed E-state index contributed by atoms with van der Waals surface area (Å²) in [6.45, 7) is 2.39. The molecule has 1 saturated heterocycles. The van der Waals surface area contributed by atoms with E-state index in [-0.39, 0.29) is 54.6 Å². The highest BCUT2D eigenvalue weighted by molar-refractivity contribution is 6.06. The first kappa shape index (κ1) is 16.8. The highest BCUT2D eigenvalue weighted by Crippen LogP contribution is 2.49. The highest BCUT2D eigenvalue weighted by Gasteiger charge is 2.56. The van der Waals surface area contributed by atoms with Crippen molar-refractivity contribution in [3.8, 4) is 0 Å². The van der Waals surface area contributed by atoms with Crippen molar-refractivity contribution in [2.45, 2.75) is 19.8 Å². The number of urea groups is 1. The summed E-state index contributed by atoms with van der Waals surface area (Å²) in [4.78, 5) is 38.8. The smallest absolute Gasteiger partial charge is 0.319 e. The molecule has 1 saturated carbocycles. The maximum atomic E-state index is 12.7. The van der Waals surface area contributed by atoms with Gasteiger partial charge in [0.15, 0.2) is 0 Å². The van der Waals surface area contributed by atoms with Gasteiger partial charge in [0.25, 0.3) is 0 Å². The number of allylic oxidation sites excluding steroid dienone is 2. The van der Waals surface area contributed by atoms with E-state index < -0.39 is 0 Å². The Bertz CT molecular complexity index is 756. The Kier molecular flexibility index (Phi) is 4.26. The number of nitrogens with one attached hydrogen (secondary N) is 2. The zero-order valence-electron chi connectivity index (χ0n) is 14.8. The summed E-state index contributed by atoms with van der Waals surface area (Å²) in [6.07, 6.45) is 6.20. The number of hydrogen-bond acceptors (Lipinski definition) is 3. The van der Waals surface area contributed by atoms with Crippen molar-refractivity contribution >= 4 is 23.5 Å². The predicted octanol–water partition coefficient (Wildman–Crippen LogP) is 2.31. The van der Waals surface area contributed by atoms with E-state index in [4.69, 9.17) is 0 Å². The molecular weight excluding hydrogens is 330 g/mol. The summed E-state index contributed by atoms with van der Waals surface area (Å²) >= 11 is 0. The second-order valence-electron chi connectivity index (χ2n) is 7.37. The lowest BCUT2D eigenvalue weighted by Gasteiger charge is -2.38. The molecule has 1 aromatic rings. The summed E-state index contributed by atoms with van der Waals surface area (Å²) in [5.74, 6) is -0.119. The van der Waals surface area contributed by atoms with Crippen LogP contribution in [0.2, 0.25) is 0 Å². The molecular formula is C20H23N3O3.